The maximum absolute atomic E-state index is 12.2. The van der Waals surface area contributed by atoms with Gasteiger partial charge in [-0.15, -0.1) is 11.3 Å². The van der Waals surface area contributed by atoms with Gasteiger partial charge in [-0.25, -0.2) is 4.98 Å². The van der Waals surface area contributed by atoms with Gasteiger partial charge >= 0.3 is 0 Å². The lowest BCUT2D eigenvalue weighted by Crippen LogP contribution is -2.37. The highest BCUT2D eigenvalue weighted by Crippen LogP contribution is 2.22. The molecule has 1 aromatic heterocycles. The number of anilines is 1. The number of rotatable bonds is 5. The van der Waals surface area contributed by atoms with Gasteiger partial charge in [0, 0.05) is 30.7 Å². The first-order valence-corrected chi connectivity index (χ1v) is 8.19. The number of nitrogens with one attached hydrogen (secondary N) is 1. The third-order valence-electron chi connectivity index (χ3n) is 3.74. The van der Waals surface area contributed by atoms with Crippen LogP contribution in [-0.2, 0) is 11.2 Å². The Morgan fingerprint density at radius 3 is 3.23 bits per heavy atom. The van der Waals surface area contributed by atoms with Crippen LogP contribution in [0.15, 0.2) is 35.8 Å². The summed E-state index contributed by atoms with van der Waals surface area (Å²) in [5, 5.41) is 6.12. The van der Waals surface area contributed by atoms with Crippen molar-refractivity contribution < 1.29 is 9.53 Å². The summed E-state index contributed by atoms with van der Waals surface area (Å²) >= 11 is 1.64. The molecule has 2 aromatic rings. The SMILES string of the molecule is COc1cccc(CC(=O)NC2CCN(c3nccs3)C2)c1. The van der Waals surface area contributed by atoms with Gasteiger partial charge in [-0.2, -0.15) is 0 Å². The standard InChI is InChI=1S/C16H19N3O2S/c1-21-14-4-2-3-12(9-14)10-15(20)18-13-5-7-19(11-13)16-17-6-8-22-16/h2-4,6,8-9,13H,5,7,10-11H2,1H3,(H,18,20). The Bertz CT molecular complexity index is 630. The summed E-state index contributed by atoms with van der Waals surface area (Å²) in [5.74, 6) is 0.834. The molecule has 3 rings (SSSR count). The molecule has 1 atom stereocenters. The number of carbonyl (C=O) groups excluding carboxylic acids is 1. The minimum atomic E-state index is 0.0549. The Balaban J connectivity index is 1.52. The monoisotopic (exact) mass is 317 g/mol. The summed E-state index contributed by atoms with van der Waals surface area (Å²) < 4.78 is 5.18. The van der Waals surface area contributed by atoms with Crippen molar-refractivity contribution in [2.24, 2.45) is 0 Å². The zero-order chi connectivity index (χ0) is 15.4. The molecule has 0 aliphatic carbocycles. The Morgan fingerprint density at radius 1 is 1.55 bits per heavy atom. The number of aromatic nitrogens is 1. The highest BCUT2D eigenvalue weighted by molar-refractivity contribution is 7.13. The maximum atomic E-state index is 12.2. The van der Waals surface area contributed by atoms with Gasteiger partial charge in [0.25, 0.3) is 0 Å². The van der Waals surface area contributed by atoms with Crippen molar-refractivity contribution in [2.75, 3.05) is 25.1 Å². The third kappa shape index (κ3) is 3.57. The molecular weight excluding hydrogens is 298 g/mol. The van der Waals surface area contributed by atoms with Crippen LogP contribution >= 0.6 is 11.3 Å². The lowest BCUT2D eigenvalue weighted by molar-refractivity contribution is -0.121. The number of carbonyl (C=O) groups is 1. The van der Waals surface area contributed by atoms with E-state index < -0.39 is 0 Å². The second-order valence-electron chi connectivity index (χ2n) is 5.34. The zero-order valence-electron chi connectivity index (χ0n) is 12.5. The fourth-order valence-electron chi connectivity index (χ4n) is 2.67. The molecule has 1 fully saturated rings. The number of benzene rings is 1. The molecule has 22 heavy (non-hydrogen) atoms. The summed E-state index contributed by atoms with van der Waals surface area (Å²) in [4.78, 5) is 18.7. The van der Waals surface area contributed by atoms with Crippen LogP contribution in [0.3, 0.4) is 0 Å². The number of thiazole rings is 1. The molecule has 1 unspecified atom stereocenters. The average molecular weight is 317 g/mol. The first kappa shape index (κ1) is 14.8. The highest BCUT2D eigenvalue weighted by Gasteiger charge is 2.25. The number of amides is 1. The van der Waals surface area contributed by atoms with Crippen molar-refractivity contribution in [1.29, 1.82) is 0 Å². The first-order chi connectivity index (χ1) is 10.7. The van der Waals surface area contributed by atoms with Crippen molar-refractivity contribution in [3.8, 4) is 5.75 Å². The topological polar surface area (TPSA) is 54.5 Å². The molecule has 0 bridgehead atoms. The predicted molar refractivity (Wildman–Crippen MR) is 87.6 cm³/mol. The Kier molecular flexibility index (Phi) is 4.58. The lowest BCUT2D eigenvalue weighted by atomic mass is 10.1. The predicted octanol–water partition coefficient (Wildman–Crippen LogP) is 2.09. The molecule has 1 aliphatic rings. The van der Waals surface area contributed by atoms with Gasteiger partial charge in [-0.1, -0.05) is 12.1 Å². The highest BCUT2D eigenvalue weighted by atomic mass is 32.1. The molecular formula is C16H19N3O2S. The van der Waals surface area contributed by atoms with E-state index >= 15 is 0 Å². The van der Waals surface area contributed by atoms with Gasteiger partial charge in [0.15, 0.2) is 5.13 Å². The van der Waals surface area contributed by atoms with Crippen LogP contribution in [0.5, 0.6) is 5.75 Å². The van der Waals surface area contributed by atoms with Crippen LogP contribution in [0.2, 0.25) is 0 Å². The van der Waals surface area contributed by atoms with Gasteiger partial charge in [0.2, 0.25) is 5.91 Å². The Morgan fingerprint density at radius 2 is 2.45 bits per heavy atom. The molecule has 0 radical (unpaired) electrons. The van der Waals surface area contributed by atoms with Crippen LogP contribution in [0.25, 0.3) is 0 Å². The second kappa shape index (κ2) is 6.79. The molecule has 1 amide bonds. The van der Waals surface area contributed by atoms with Gasteiger partial charge in [0.1, 0.15) is 5.75 Å². The normalized spacial score (nSPS) is 17.5. The largest absolute Gasteiger partial charge is 0.497 e. The van der Waals surface area contributed by atoms with E-state index in [1.165, 1.54) is 0 Å². The van der Waals surface area contributed by atoms with Crippen molar-refractivity contribution in [3.63, 3.8) is 0 Å². The van der Waals surface area contributed by atoms with Gasteiger partial charge < -0.3 is 15.0 Å². The molecule has 2 heterocycles. The van der Waals surface area contributed by atoms with E-state index in [4.69, 9.17) is 4.74 Å². The number of hydrogen-bond acceptors (Lipinski definition) is 5. The van der Waals surface area contributed by atoms with E-state index in [2.05, 4.69) is 15.2 Å². The number of hydrogen-bond donors (Lipinski definition) is 1. The number of methoxy groups -OCH3 is 1. The molecule has 6 heteroatoms. The summed E-state index contributed by atoms with van der Waals surface area (Å²) in [6.45, 7) is 1.77. The fourth-order valence-corrected chi connectivity index (χ4v) is 3.35. The van der Waals surface area contributed by atoms with E-state index in [0.29, 0.717) is 6.42 Å². The minimum absolute atomic E-state index is 0.0549. The first-order valence-electron chi connectivity index (χ1n) is 7.31. The van der Waals surface area contributed by atoms with Crippen molar-refractivity contribution in [3.05, 3.63) is 41.4 Å². The second-order valence-corrected chi connectivity index (χ2v) is 6.22. The summed E-state index contributed by atoms with van der Waals surface area (Å²) in [6, 6.07) is 7.82. The Labute approximate surface area is 133 Å². The van der Waals surface area contributed by atoms with Crippen LogP contribution in [0.1, 0.15) is 12.0 Å². The zero-order valence-corrected chi connectivity index (χ0v) is 13.3. The maximum Gasteiger partial charge on any atom is 0.224 e. The van der Waals surface area contributed by atoms with Crippen molar-refractivity contribution in [1.82, 2.24) is 10.3 Å². The minimum Gasteiger partial charge on any atom is -0.497 e. The van der Waals surface area contributed by atoms with Crippen LogP contribution in [-0.4, -0.2) is 37.1 Å². The van der Waals surface area contributed by atoms with E-state index in [9.17, 15) is 4.79 Å². The molecule has 0 saturated carbocycles. The molecule has 5 nitrogen and oxygen atoms in total. The van der Waals surface area contributed by atoms with Gasteiger partial charge in [-0.05, 0) is 24.1 Å². The van der Waals surface area contributed by atoms with Crippen LogP contribution < -0.4 is 15.0 Å². The molecule has 1 N–H and O–H groups in total. The molecule has 1 aliphatic heterocycles. The molecule has 116 valence electrons. The van der Waals surface area contributed by atoms with Crippen molar-refractivity contribution in [2.45, 2.75) is 18.9 Å². The average Bonchev–Trinajstić information content (AvgIpc) is 3.18. The molecule has 0 spiro atoms. The molecule has 1 aromatic carbocycles. The third-order valence-corrected chi connectivity index (χ3v) is 4.57. The summed E-state index contributed by atoms with van der Waals surface area (Å²) in [5.41, 5.74) is 0.964. The number of nitrogens with zero attached hydrogens (tertiary/aromatic N) is 2. The Hall–Kier alpha value is -2.08. The van der Waals surface area contributed by atoms with Gasteiger partial charge in [0.05, 0.1) is 13.5 Å². The fraction of sp³-hybridized carbons (Fsp3) is 0.375. The van der Waals surface area contributed by atoms with E-state index in [-0.39, 0.29) is 11.9 Å². The van der Waals surface area contributed by atoms with Gasteiger partial charge in [-0.3, -0.25) is 4.79 Å². The van der Waals surface area contributed by atoms with Crippen LogP contribution in [0.4, 0.5) is 5.13 Å². The summed E-state index contributed by atoms with van der Waals surface area (Å²) in [7, 11) is 1.63. The lowest BCUT2D eigenvalue weighted by Gasteiger charge is -2.16. The summed E-state index contributed by atoms with van der Waals surface area (Å²) in [6.07, 6.45) is 3.16. The van der Waals surface area contributed by atoms with Crippen molar-refractivity contribution >= 4 is 22.4 Å². The number of ether oxygens (including phenoxy) is 1. The van der Waals surface area contributed by atoms with Crippen LogP contribution in [0, 0.1) is 0 Å². The van der Waals surface area contributed by atoms with E-state index in [0.717, 1.165) is 36.0 Å². The van der Waals surface area contributed by atoms with E-state index in [1.807, 2.05) is 35.8 Å². The van der Waals surface area contributed by atoms with E-state index in [1.54, 1.807) is 18.4 Å². The quantitative estimate of drug-likeness (QED) is 0.917. The molecule has 1 saturated heterocycles. The smallest absolute Gasteiger partial charge is 0.224 e.